The number of carboxylic acid groups (broad SMARTS) is 1. The fraction of sp³-hybridized carbons (Fsp3) is 0.333. The van der Waals surface area contributed by atoms with Crippen molar-refractivity contribution >= 4 is 23.3 Å². The molecule has 0 bridgehead atoms. The van der Waals surface area contributed by atoms with Crippen LogP contribution in [0.4, 0.5) is 15.8 Å². The summed E-state index contributed by atoms with van der Waals surface area (Å²) in [7, 11) is 0. The van der Waals surface area contributed by atoms with Crippen LogP contribution in [0.1, 0.15) is 12.8 Å². The number of ether oxygens (including phenoxy) is 1. The molecule has 2 rings (SSSR count). The van der Waals surface area contributed by atoms with Crippen LogP contribution in [0.2, 0.25) is 0 Å². The highest BCUT2D eigenvalue weighted by molar-refractivity contribution is 5.95. The minimum atomic E-state index is -1.16. The fourth-order valence-corrected chi connectivity index (χ4v) is 1.94. The zero-order valence-electron chi connectivity index (χ0n) is 10.6. The lowest BCUT2D eigenvalue weighted by atomic mass is 10.2. The van der Waals surface area contributed by atoms with Gasteiger partial charge in [0, 0.05) is 6.07 Å². The van der Waals surface area contributed by atoms with E-state index in [9.17, 15) is 24.1 Å². The van der Waals surface area contributed by atoms with E-state index in [1.165, 1.54) is 0 Å². The summed E-state index contributed by atoms with van der Waals surface area (Å²) in [6.45, 7) is 0. The topological polar surface area (TPSA) is 119 Å². The highest BCUT2D eigenvalue weighted by Gasteiger charge is 2.35. The van der Waals surface area contributed by atoms with E-state index in [4.69, 9.17) is 9.84 Å². The number of carboxylic acids is 1. The van der Waals surface area contributed by atoms with Gasteiger partial charge in [0.05, 0.1) is 16.7 Å². The summed E-state index contributed by atoms with van der Waals surface area (Å²) in [6.07, 6.45) is -1.64. The first-order valence-electron chi connectivity index (χ1n) is 6.01. The van der Waals surface area contributed by atoms with Crippen LogP contribution < -0.4 is 5.32 Å². The molecule has 1 aromatic rings. The summed E-state index contributed by atoms with van der Waals surface area (Å²) in [5.74, 6) is -2.80. The molecule has 0 aromatic heterocycles. The molecule has 21 heavy (non-hydrogen) atoms. The first-order chi connectivity index (χ1) is 9.88. The number of rotatable bonds is 4. The molecule has 0 aliphatic carbocycles. The first-order valence-corrected chi connectivity index (χ1v) is 6.01. The van der Waals surface area contributed by atoms with Gasteiger partial charge >= 0.3 is 5.97 Å². The van der Waals surface area contributed by atoms with Crippen molar-refractivity contribution in [3.8, 4) is 0 Å². The lowest BCUT2D eigenvalue weighted by Gasteiger charge is -2.12. The van der Waals surface area contributed by atoms with Gasteiger partial charge in [0.2, 0.25) is 0 Å². The van der Waals surface area contributed by atoms with E-state index in [-0.39, 0.29) is 18.5 Å². The second kappa shape index (κ2) is 5.83. The number of amides is 1. The molecule has 1 aliphatic rings. The smallest absolute Gasteiger partial charge is 0.332 e. The monoisotopic (exact) mass is 298 g/mol. The van der Waals surface area contributed by atoms with Gasteiger partial charge in [-0.15, -0.1) is 0 Å². The van der Waals surface area contributed by atoms with Crippen LogP contribution in [0.25, 0.3) is 0 Å². The third kappa shape index (κ3) is 3.31. The van der Waals surface area contributed by atoms with Crippen LogP contribution >= 0.6 is 0 Å². The average Bonchev–Trinajstić information content (AvgIpc) is 2.90. The maximum atomic E-state index is 13.6. The number of benzene rings is 1. The molecule has 9 heteroatoms. The van der Waals surface area contributed by atoms with E-state index in [0.717, 1.165) is 12.1 Å². The third-order valence-corrected chi connectivity index (χ3v) is 3.01. The second-order valence-corrected chi connectivity index (χ2v) is 4.44. The number of aliphatic carboxylic acids is 1. The number of nitrogens with zero attached hydrogens (tertiary/aromatic N) is 1. The highest BCUT2D eigenvalue weighted by atomic mass is 19.1. The molecule has 1 aromatic carbocycles. The van der Waals surface area contributed by atoms with Gasteiger partial charge in [-0.25, -0.2) is 9.18 Å². The minimum Gasteiger partial charge on any atom is -0.479 e. The molecule has 2 N–H and O–H groups in total. The number of carbonyl (C=O) groups is 2. The molecule has 2 atom stereocenters. The Labute approximate surface area is 117 Å². The summed E-state index contributed by atoms with van der Waals surface area (Å²) in [5, 5.41) is 21.4. The molecule has 0 radical (unpaired) electrons. The number of non-ortho nitro benzene ring substituents is 1. The molecule has 0 saturated carbocycles. The largest absolute Gasteiger partial charge is 0.479 e. The molecule has 1 aliphatic heterocycles. The predicted octanol–water partition coefficient (Wildman–Crippen LogP) is 1.30. The first kappa shape index (κ1) is 14.9. The molecular weight excluding hydrogens is 287 g/mol. The molecule has 0 spiro atoms. The maximum Gasteiger partial charge on any atom is 0.332 e. The Morgan fingerprint density at radius 3 is 2.57 bits per heavy atom. The van der Waals surface area contributed by atoms with E-state index in [1.807, 2.05) is 0 Å². The Morgan fingerprint density at radius 1 is 1.38 bits per heavy atom. The summed E-state index contributed by atoms with van der Waals surface area (Å²) < 4.78 is 18.6. The standard InChI is InChI=1S/C12H11FN2O6/c13-7-5-6(15(19)20)1-2-8(7)14-11(16)9-3-4-10(21-9)12(17)18/h1-2,5,9-10H,3-4H2,(H,14,16)(H,17,18). The molecule has 1 heterocycles. The zero-order valence-corrected chi connectivity index (χ0v) is 10.6. The number of nitrogens with one attached hydrogen (secondary N) is 1. The van der Waals surface area contributed by atoms with Gasteiger partial charge in [0.1, 0.15) is 6.10 Å². The quantitative estimate of drug-likeness (QED) is 0.639. The third-order valence-electron chi connectivity index (χ3n) is 3.01. The van der Waals surface area contributed by atoms with Crippen LogP contribution in [-0.2, 0) is 14.3 Å². The molecule has 8 nitrogen and oxygen atoms in total. The van der Waals surface area contributed by atoms with E-state index < -0.39 is 40.5 Å². The van der Waals surface area contributed by atoms with Crippen LogP contribution in [0, 0.1) is 15.9 Å². The van der Waals surface area contributed by atoms with Crippen LogP contribution in [-0.4, -0.2) is 34.1 Å². The SMILES string of the molecule is O=C(O)C1CCC(C(=O)Nc2ccc([N+](=O)[O-])cc2F)O1. The van der Waals surface area contributed by atoms with Crippen LogP contribution in [0.15, 0.2) is 18.2 Å². The van der Waals surface area contributed by atoms with Crippen molar-refractivity contribution in [1.29, 1.82) is 0 Å². The Kier molecular flexibility index (Phi) is 4.13. The summed E-state index contributed by atoms with van der Waals surface area (Å²) in [5.41, 5.74) is -0.665. The number of anilines is 1. The minimum absolute atomic E-state index is 0.191. The van der Waals surface area contributed by atoms with E-state index in [2.05, 4.69) is 5.32 Å². The summed E-state index contributed by atoms with van der Waals surface area (Å²) >= 11 is 0. The Morgan fingerprint density at radius 2 is 2.05 bits per heavy atom. The van der Waals surface area contributed by atoms with Gasteiger partial charge in [-0.1, -0.05) is 0 Å². The van der Waals surface area contributed by atoms with E-state index in [1.54, 1.807) is 0 Å². The zero-order chi connectivity index (χ0) is 15.6. The fourth-order valence-electron chi connectivity index (χ4n) is 1.94. The number of hydrogen-bond donors (Lipinski definition) is 2. The Balaban J connectivity index is 2.03. The molecule has 1 saturated heterocycles. The average molecular weight is 298 g/mol. The van der Waals surface area contributed by atoms with Gasteiger partial charge in [-0.2, -0.15) is 0 Å². The van der Waals surface area contributed by atoms with Crippen molar-refractivity contribution in [2.45, 2.75) is 25.0 Å². The van der Waals surface area contributed by atoms with E-state index in [0.29, 0.717) is 6.07 Å². The van der Waals surface area contributed by atoms with E-state index >= 15 is 0 Å². The molecule has 1 amide bonds. The van der Waals surface area contributed by atoms with Crippen LogP contribution in [0.5, 0.6) is 0 Å². The number of hydrogen-bond acceptors (Lipinski definition) is 5. The molecular formula is C12H11FN2O6. The van der Waals surface area contributed by atoms with Crippen molar-refractivity contribution in [1.82, 2.24) is 0 Å². The van der Waals surface area contributed by atoms with Crippen molar-refractivity contribution in [2.75, 3.05) is 5.32 Å². The van der Waals surface area contributed by atoms with Crippen molar-refractivity contribution in [2.24, 2.45) is 0 Å². The van der Waals surface area contributed by atoms with Gasteiger partial charge < -0.3 is 15.2 Å². The summed E-state index contributed by atoms with van der Waals surface area (Å²) in [4.78, 5) is 32.2. The highest BCUT2D eigenvalue weighted by Crippen LogP contribution is 2.24. The summed E-state index contributed by atoms with van der Waals surface area (Å²) in [6, 6.07) is 2.80. The Hall–Kier alpha value is -2.55. The van der Waals surface area contributed by atoms with Crippen molar-refractivity contribution < 1.29 is 28.7 Å². The second-order valence-electron chi connectivity index (χ2n) is 4.44. The maximum absolute atomic E-state index is 13.6. The lowest BCUT2D eigenvalue weighted by molar-refractivity contribution is -0.385. The van der Waals surface area contributed by atoms with Gasteiger partial charge in [-0.05, 0) is 18.9 Å². The molecule has 1 fully saturated rings. The predicted molar refractivity (Wildman–Crippen MR) is 67.2 cm³/mol. The number of halogens is 1. The molecule has 112 valence electrons. The normalized spacial score (nSPS) is 21.0. The Bertz CT molecular complexity index is 605. The van der Waals surface area contributed by atoms with Gasteiger partial charge in [-0.3, -0.25) is 14.9 Å². The van der Waals surface area contributed by atoms with Crippen LogP contribution in [0.3, 0.4) is 0 Å². The lowest BCUT2D eigenvalue weighted by Crippen LogP contribution is -2.30. The van der Waals surface area contributed by atoms with Gasteiger partial charge in [0.25, 0.3) is 11.6 Å². The van der Waals surface area contributed by atoms with Gasteiger partial charge in [0.15, 0.2) is 11.9 Å². The number of carbonyl (C=O) groups excluding carboxylic acids is 1. The molecule has 2 unspecified atom stereocenters. The number of nitro benzene ring substituents is 1. The van der Waals surface area contributed by atoms with Crippen molar-refractivity contribution in [3.05, 3.63) is 34.1 Å². The van der Waals surface area contributed by atoms with Crippen molar-refractivity contribution in [3.63, 3.8) is 0 Å². The number of nitro groups is 1.